The van der Waals surface area contributed by atoms with E-state index in [1.807, 2.05) is 24.4 Å². The van der Waals surface area contributed by atoms with E-state index in [4.69, 9.17) is 0 Å². The molecule has 4 aromatic rings. The maximum atomic E-state index is 13.6. The molecular formula is C22H17FN4O. The maximum Gasteiger partial charge on any atom is 0.253 e. The van der Waals surface area contributed by atoms with Crippen molar-refractivity contribution in [2.45, 2.75) is 18.9 Å². The van der Waals surface area contributed by atoms with Gasteiger partial charge in [0, 0.05) is 29.5 Å². The Hall–Kier alpha value is -3.54. The molecular weight excluding hydrogens is 355 g/mol. The smallest absolute Gasteiger partial charge is 0.253 e. The molecule has 0 unspecified atom stereocenters. The molecule has 6 heteroatoms. The highest BCUT2D eigenvalue weighted by Crippen LogP contribution is 2.32. The van der Waals surface area contributed by atoms with Gasteiger partial charge in [0.25, 0.3) is 5.91 Å². The Bertz CT molecular complexity index is 1180. The number of aromatic amines is 1. The van der Waals surface area contributed by atoms with Crippen molar-refractivity contribution in [3.8, 4) is 11.3 Å². The highest BCUT2D eigenvalue weighted by molar-refractivity contribution is 5.95. The zero-order valence-electron chi connectivity index (χ0n) is 14.9. The summed E-state index contributed by atoms with van der Waals surface area (Å²) in [6, 6.07) is 12.1. The van der Waals surface area contributed by atoms with E-state index in [1.54, 1.807) is 24.5 Å². The highest BCUT2D eigenvalue weighted by Gasteiger charge is 2.25. The SMILES string of the molecule is O=C(N[C@H]1CCc2ccc(F)cc21)c1ccc(-c2ccnc3[nH]ccc23)nc1. The van der Waals surface area contributed by atoms with E-state index in [1.165, 1.54) is 12.1 Å². The van der Waals surface area contributed by atoms with Crippen LogP contribution in [0.15, 0.2) is 61.1 Å². The lowest BCUT2D eigenvalue weighted by Gasteiger charge is -2.14. The second-order valence-electron chi connectivity index (χ2n) is 6.94. The number of benzene rings is 1. The van der Waals surface area contributed by atoms with Gasteiger partial charge < -0.3 is 10.3 Å². The molecule has 1 atom stereocenters. The van der Waals surface area contributed by atoms with Gasteiger partial charge in [0.2, 0.25) is 0 Å². The van der Waals surface area contributed by atoms with E-state index in [0.717, 1.165) is 46.3 Å². The van der Waals surface area contributed by atoms with Crippen molar-refractivity contribution in [2.24, 2.45) is 0 Å². The van der Waals surface area contributed by atoms with E-state index in [2.05, 4.69) is 20.3 Å². The van der Waals surface area contributed by atoms with Gasteiger partial charge in [-0.1, -0.05) is 6.07 Å². The van der Waals surface area contributed by atoms with Crippen LogP contribution in [-0.2, 0) is 6.42 Å². The fraction of sp³-hybridized carbons (Fsp3) is 0.136. The monoisotopic (exact) mass is 372 g/mol. The molecule has 0 saturated heterocycles. The van der Waals surface area contributed by atoms with Crippen molar-refractivity contribution >= 4 is 16.9 Å². The van der Waals surface area contributed by atoms with Crippen LogP contribution in [0.2, 0.25) is 0 Å². The Morgan fingerprint density at radius 1 is 1.14 bits per heavy atom. The molecule has 3 aromatic heterocycles. The molecule has 0 bridgehead atoms. The molecule has 0 radical (unpaired) electrons. The number of pyridine rings is 2. The van der Waals surface area contributed by atoms with Gasteiger partial charge >= 0.3 is 0 Å². The van der Waals surface area contributed by atoms with E-state index < -0.39 is 0 Å². The minimum absolute atomic E-state index is 0.169. The van der Waals surface area contributed by atoms with Crippen molar-refractivity contribution in [1.29, 1.82) is 0 Å². The van der Waals surface area contributed by atoms with Crippen LogP contribution in [0.4, 0.5) is 4.39 Å². The van der Waals surface area contributed by atoms with Crippen molar-refractivity contribution < 1.29 is 9.18 Å². The van der Waals surface area contributed by atoms with E-state index in [-0.39, 0.29) is 17.8 Å². The first-order valence-corrected chi connectivity index (χ1v) is 9.17. The van der Waals surface area contributed by atoms with Crippen LogP contribution in [0.25, 0.3) is 22.3 Å². The number of aromatic nitrogens is 3. The first-order valence-electron chi connectivity index (χ1n) is 9.17. The van der Waals surface area contributed by atoms with Gasteiger partial charge in [-0.05, 0) is 60.4 Å². The van der Waals surface area contributed by atoms with E-state index in [0.29, 0.717) is 5.56 Å². The predicted octanol–water partition coefficient (Wildman–Crippen LogP) is 4.18. The van der Waals surface area contributed by atoms with Crippen LogP contribution in [-0.4, -0.2) is 20.9 Å². The van der Waals surface area contributed by atoms with Gasteiger partial charge in [0.1, 0.15) is 11.5 Å². The second kappa shape index (κ2) is 6.56. The van der Waals surface area contributed by atoms with E-state index in [9.17, 15) is 9.18 Å². The summed E-state index contributed by atoms with van der Waals surface area (Å²) in [5.41, 5.74) is 4.97. The van der Waals surface area contributed by atoms with Gasteiger partial charge in [-0.3, -0.25) is 9.78 Å². The van der Waals surface area contributed by atoms with Crippen LogP contribution in [0, 0.1) is 5.82 Å². The van der Waals surface area contributed by atoms with Crippen LogP contribution in [0.3, 0.4) is 0 Å². The minimum atomic E-state index is -0.278. The first kappa shape index (κ1) is 16.6. The normalized spacial score (nSPS) is 15.5. The lowest BCUT2D eigenvalue weighted by Crippen LogP contribution is -2.27. The highest BCUT2D eigenvalue weighted by atomic mass is 19.1. The molecule has 1 amide bonds. The number of fused-ring (bicyclic) bond motifs is 2. The largest absolute Gasteiger partial charge is 0.346 e. The number of nitrogens with zero attached hydrogens (tertiary/aromatic N) is 2. The summed E-state index contributed by atoms with van der Waals surface area (Å²) < 4.78 is 13.6. The third-order valence-electron chi connectivity index (χ3n) is 5.25. The standard InChI is InChI=1S/C22H17FN4O/c23-15-4-1-13-2-6-20(18(13)11-15)27-22(28)14-3-5-19(26-12-14)16-7-9-24-21-17(16)8-10-25-21/h1,3-5,7-12,20H,2,6H2,(H,24,25)(H,27,28)/t20-/m0/s1. The molecule has 138 valence electrons. The number of H-pyrrole nitrogens is 1. The Morgan fingerprint density at radius 2 is 2.07 bits per heavy atom. The van der Waals surface area contributed by atoms with Gasteiger partial charge in [0.15, 0.2) is 0 Å². The molecule has 5 rings (SSSR count). The summed E-state index contributed by atoms with van der Waals surface area (Å²) in [6.45, 7) is 0. The van der Waals surface area contributed by atoms with Gasteiger partial charge in [-0.25, -0.2) is 9.37 Å². The third kappa shape index (κ3) is 2.83. The van der Waals surface area contributed by atoms with Gasteiger partial charge in [-0.2, -0.15) is 0 Å². The third-order valence-corrected chi connectivity index (χ3v) is 5.25. The van der Waals surface area contributed by atoms with Gasteiger partial charge in [-0.15, -0.1) is 0 Å². The number of amides is 1. The zero-order chi connectivity index (χ0) is 19.1. The molecule has 1 aromatic carbocycles. The summed E-state index contributed by atoms with van der Waals surface area (Å²) in [4.78, 5) is 24.5. The molecule has 3 heterocycles. The quantitative estimate of drug-likeness (QED) is 0.567. The average molecular weight is 372 g/mol. The molecule has 1 aliphatic rings. The average Bonchev–Trinajstić information content (AvgIpc) is 3.35. The molecule has 0 spiro atoms. The number of hydrogen-bond donors (Lipinski definition) is 2. The zero-order valence-corrected chi connectivity index (χ0v) is 14.9. The molecule has 5 nitrogen and oxygen atoms in total. The fourth-order valence-electron chi connectivity index (χ4n) is 3.84. The van der Waals surface area contributed by atoms with Crippen molar-refractivity contribution in [3.05, 3.63) is 83.6 Å². The van der Waals surface area contributed by atoms with Gasteiger partial charge in [0.05, 0.1) is 17.3 Å². The molecule has 28 heavy (non-hydrogen) atoms. The summed E-state index contributed by atoms with van der Waals surface area (Å²) in [6.07, 6.45) is 6.76. The Balaban J connectivity index is 1.37. The van der Waals surface area contributed by atoms with E-state index >= 15 is 0 Å². The lowest BCUT2D eigenvalue weighted by atomic mass is 10.1. The number of nitrogens with one attached hydrogen (secondary N) is 2. The predicted molar refractivity (Wildman–Crippen MR) is 104 cm³/mol. The molecule has 2 N–H and O–H groups in total. The fourth-order valence-corrected chi connectivity index (χ4v) is 3.84. The van der Waals surface area contributed by atoms with Crippen LogP contribution in [0.1, 0.15) is 33.9 Å². The maximum absolute atomic E-state index is 13.6. The number of carbonyl (C=O) groups excluding carboxylic acids is 1. The van der Waals surface area contributed by atoms with Crippen molar-refractivity contribution in [2.75, 3.05) is 0 Å². The Morgan fingerprint density at radius 3 is 2.93 bits per heavy atom. The lowest BCUT2D eigenvalue weighted by molar-refractivity contribution is 0.0936. The summed E-state index contributed by atoms with van der Waals surface area (Å²) in [5, 5.41) is 3.99. The minimum Gasteiger partial charge on any atom is -0.346 e. The topological polar surface area (TPSA) is 70.7 Å². The van der Waals surface area contributed by atoms with Crippen molar-refractivity contribution in [3.63, 3.8) is 0 Å². The molecule has 0 aliphatic heterocycles. The molecule has 1 aliphatic carbocycles. The number of aryl methyl sites for hydroxylation is 1. The first-order chi connectivity index (χ1) is 13.7. The second-order valence-corrected chi connectivity index (χ2v) is 6.94. The summed E-state index contributed by atoms with van der Waals surface area (Å²) in [7, 11) is 0. The van der Waals surface area contributed by atoms with Crippen molar-refractivity contribution in [1.82, 2.24) is 20.3 Å². The van der Waals surface area contributed by atoms with Crippen LogP contribution < -0.4 is 5.32 Å². The summed E-state index contributed by atoms with van der Waals surface area (Å²) in [5.74, 6) is -0.484. The molecule has 0 saturated carbocycles. The van der Waals surface area contributed by atoms with Crippen LogP contribution in [0.5, 0.6) is 0 Å². The number of rotatable bonds is 3. The number of hydrogen-bond acceptors (Lipinski definition) is 3. The number of carbonyl (C=O) groups is 1. The van der Waals surface area contributed by atoms with Crippen LogP contribution >= 0.6 is 0 Å². The Kier molecular flexibility index (Phi) is 3.90. The molecule has 0 fully saturated rings. The Labute approximate surface area is 160 Å². The summed E-state index contributed by atoms with van der Waals surface area (Å²) >= 11 is 0. The number of halogens is 1.